The van der Waals surface area contributed by atoms with Gasteiger partial charge in [-0.15, -0.1) is 0 Å². The lowest BCUT2D eigenvalue weighted by Gasteiger charge is -2.19. The predicted octanol–water partition coefficient (Wildman–Crippen LogP) is 2.84. The highest BCUT2D eigenvalue weighted by Crippen LogP contribution is 2.23. The van der Waals surface area contributed by atoms with E-state index in [0.717, 1.165) is 12.8 Å². The van der Waals surface area contributed by atoms with Crippen LogP contribution in [0.25, 0.3) is 0 Å². The molecule has 3 N–H and O–H groups in total. The molecule has 2 aromatic rings. The van der Waals surface area contributed by atoms with E-state index in [9.17, 15) is 0 Å². The average Bonchev–Trinajstić information content (AvgIpc) is 2.45. The van der Waals surface area contributed by atoms with E-state index in [1.54, 1.807) is 6.20 Å². The molecule has 0 aliphatic carbocycles. The summed E-state index contributed by atoms with van der Waals surface area (Å²) in [5.41, 5.74) is 8.08. The highest BCUT2D eigenvalue weighted by Gasteiger charge is 2.13. The number of hydrogen-bond donors (Lipinski definition) is 2. The summed E-state index contributed by atoms with van der Waals surface area (Å²) in [5, 5.41) is 0. The molecule has 3 nitrogen and oxygen atoms in total. The van der Waals surface area contributed by atoms with Gasteiger partial charge in [0.25, 0.3) is 0 Å². The van der Waals surface area contributed by atoms with Crippen LogP contribution in [-0.4, -0.2) is 4.98 Å². The first-order valence-electron chi connectivity index (χ1n) is 6.63. The van der Waals surface area contributed by atoms with Gasteiger partial charge < -0.3 is 0 Å². The van der Waals surface area contributed by atoms with E-state index in [1.165, 1.54) is 22.3 Å². The lowest BCUT2D eigenvalue weighted by molar-refractivity contribution is 0.513. The summed E-state index contributed by atoms with van der Waals surface area (Å²) >= 11 is 0. The third-order valence-electron chi connectivity index (χ3n) is 3.67. The Morgan fingerprint density at radius 1 is 1.21 bits per heavy atom. The fourth-order valence-electron chi connectivity index (χ4n) is 2.34. The Morgan fingerprint density at radius 2 is 2.05 bits per heavy atom. The summed E-state index contributed by atoms with van der Waals surface area (Å²) in [7, 11) is 0. The Balaban J connectivity index is 2.10. The Kier molecular flexibility index (Phi) is 4.66. The summed E-state index contributed by atoms with van der Waals surface area (Å²) in [6, 6.07) is 10.6. The Labute approximate surface area is 114 Å². The van der Waals surface area contributed by atoms with Crippen molar-refractivity contribution in [2.75, 3.05) is 0 Å². The summed E-state index contributed by atoms with van der Waals surface area (Å²) in [6.45, 7) is 4.28. The van der Waals surface area contributed by atoms with E-state index in [1.807, 2.05) is 12.3 Å². The average molecular weight is 255 g/mol. The third-order valence-corrected chi connectivity index (χ3v) is 3.67. The minimum Gasteiger partial charge on any atom is -0.271 e. The molecule has 1 atom stereocenters. The van der Waals surface area contributed by atoms with Crippen molar-refractivity contribution in [3.63, 3.8) is 0 Å². The van der Waals surface area contributed by atoms with E-state index in [4.69, 9.17) is 5.84 Å². The van der Waals surface area contributed by atoms with E-state index in [0.29, 0.717) is 0 Å². The highest BCUT2D eigenvalue weighted by molar-refractivity contribution is 5.35. The zero-order valence-electron chi connectivity index (χ0n) is 11.6. The molecule has 3 heteroatoms. The van der Waals surface area contributed by atoms with E-state index >= 15 is 0 Å². The molecular formula is C16H21N3. The maximum atomic E-state index is 5.72. The first-order valence-corrected chi connectivity index (χ1v) is 6.63. The quantitative estimate of drug-likeness (QED) is 0.638. The Bertz CT molecular complexity index is 523. The summed E-state index contributed by atoms with van der Waals surface area (Å²) in [4.78, 5) is 4.14. The van der Waals surface area contributed by atoms with Crippen molar-refractivity contribution in [1.82, 2.24) is 10.4 Å². The van der Waals surface area contributed by atoms with Gasteiger partial charge in [0.15, 0.2) is 0 Å². The van der Waals surface area contributed by atoms with Crippen LogP contribution in [0, 0.1) is 13.8 Å². The number of aromatic nitrogens is 1. The number of rotatable bonds is 5. The molecule has 0 amide bonds. The predicted molar refractivity (Wildman–Crippen MR) is 78.5 cm³/mol. The largest absolute Gasteiger partial charge is 0.271 e. The maximum absolute atomic E-state index is 5.72. The number of hydrogen-bond acceptors (Lipinski definition) is 3. The van der Waals surface area contributed by atoms with Gasteiger partial charge in [-0.1, -0.05) is 24.3 Å². The lowest BCUT2D eigenvalue weighted by atomic mass is 9.94. The van der Waals surface area contributed by atoms with Gasteiger partial charge in [-0.2, -0.15) is 0 Å². The fraction of sp³-hybridized carbons (Fsp3) is 0.312. The van der Waals surface area contributed by atoms with Gasteiger partial charge >= 0.3 is 0 Å². The van der Waals surface area contributed by atoms with Crippen LogP contribution in [0.1, 0.15) is 34.7 Å². The normalized spacial score (nSPS) is 12.4. The second-order valence-corrected chi connectivity index (χ2v) is 4.91. The molecule has 0 saturated heterocycles. The second-order valence-electron chi connectivity index (χ2n) is 4.91. The van der Waals surface area contributed by atoms with Gasteiger partial charge in [-0.25, -0.2) is 0 Å². The van der Waals surface area contributed by atoms with Gasteiger partial charge in [-0.3, -0.25) is 16.3 Å². The molecule has 2 rings (SSSR count). The molecule has 1 heterocycles. The SMILES string of the molecule is Cc1cccc(C(CCc2cccnc2)NN)c1C. The van der Waals surface area contributed by atoms with Crippen LogP contribution < -0.4 is 11.3 Å². The summed E-state index contributed by atoms with van der Waals surface area (Å²) in [6.07, 6.45) is 5.64. The highest BCUT2D eigenvalue weighted by atomic mass is 15.2. The van der Waals surface area contributed by atoms with Crippen LogP contribution >= 0.6 is 0 Å². The third kappa shape index (κ3) is 3.40. The molecule has 19 heavy (non-hydrogen) atoms. The van der Waals surface area contributed by atoms with Crippen LogP contribution in [0.15, 0.2) is 42.7 Å². The van der Waals surface area contributed by atoms with Gasteiger partial charge in [-0.05, 0) is 55.0 Å². The van der Waals surface area contributed by atoms with Crippen molar-refractivity contribution in [1.29, 1.82) is 0 Å². The smallest absolute Gasteiger partial charge is 0.0465 e. The van der Waals surface area contributed by atoms with Gasteiger partial charge in [0.1, 0.15) is 0 Å². The van der Waals surface area contributed by atoms with Crippen molar-refractivity contribution in [2.45, 2.75) is 32.7 Å². The van der Waals surface area contributed by atoms with Crippen molar-refractivity contribution < 1.29 is 0 Å². The molecule has 0 saturated carbocycles. The van der Waals surface area contributed by atoms with Crippen molar-refractivity contribution >= 4 is 0 Å². The first kappa shape index (κ1) is 13.7. The number of nitrogens with zero attached hydrogens (tertiary/aromatic N) is 1. The zero-order valence-corrected chi connectivity index (χ0v) is 11.6. The molecule has 0 aliphatic rings. The molecule has 0 fully saturated rings. The molecule has 1 aromatic heterocycles. The summed E-state index contributed by atoms with van der Waals surface area (Å²) < 4.78 is 0. The molecule has 1 aromatic carbocycles. The molecule has 0 radical (unpaired) electrons. The number of pyridine rings is 1. The van der Waals surface area contributed by atoms with Crippen LogP contribution in [0.2, 0.25) is 0 Å². The Hall–Kier alpha value is -1.71. The maximum Gasteiger partial charge on any atom is 0.0465 e. The van der Waals surface area contributed by atoms with E-state index in [2.05, 4.69) is 48.5 Å². The minimum atomic E-state index is 0.181. The number of benzene rings is 1. The van der Waals surface area contributed by atoms with E-state index in [-0.39, 0.29) is 6.04 Å². The van der Waals surface area contributed by atoms with Crippen molar-refractivity contribution in [2.24, 2.45) is 5.84 Å². The van der Waals surface area contributed by atoms with E-state index < -0.39 is 0 Å². The van der Waals surface area contributed by atoms with Crippen molar-refractivity contribution in [3.8, 4) is 0 Å². The Morgan fingerprint density at radius 3 is 2.74 bits per heavy atom. The van der Waals surface area contributed by atoms with Gasteiger partial charge in [0.05, 0.1) is 0 Å². The zero-order chi connectivity index (χ0) is 13.7. The minimum absolute atomic E-state index is 0.181. The molecule has 0 spiro atoms. The number of aryl methyl sites for hydroxylation is 2. The number of hydrazine groups is 1. The van der Waals surface area contributed by atoms with Crippen molar-refractivity contribution in [3.05, 3.63) is 65.0 Å². The van der Waals surface area contributed by atoms with Crippen LogP contribution in [0.3, 0.4) is 0 Å². The molecular weight excluding hydrogens is 234 g/mol. The molecule has 0 aliphatic heterocycles. The molecule has 0 bridgehead atoms. The monoisotopic (exact) mass is 255 g/mol. The molecule has 1 unspecified atom stereocenters. The van der Waals surface area contributed by atoms with Gasteiger partial charge in [0, 0.05) is 18.4 Å². The van der Waals surface area contributed by atoms with Crippen LogP contribution in [0.4, 0.5) is 0 Å². The topological polar surface area (TPSA) is 50.9 Å². The second kappa shape index (κ2) is 6.45. The lowest BCUT2D eigenvalue weighted by Crippen LogP contribution is -2.29. The standard InChI is InChI=1S/C16H21N3/c1-12-5-3-7-15(13(12)2)16(19-17)9-8-14-6-4-10-18-11-14/h3-7,10-11,16,19H,8-9,17H2,1-2H3. The van der Waals surface area contributed by atoms with Crippen LogP contribution in [-0.2, 0) is 6.42 Å². The van der Waals surface area contributed by atoms with Gasteiger partial charge in [0.2, 0.25) is 0 Å². The van der Waals surface area contributed by atoms with Crippen LogP contribution in [0.5, 0.6) is 0 Å². The molecule has 100 valence electrons. The first-order chi connectivity index (χ1) is 9.22. The number of nitrogens with two attached hydrogens (primary N) is 1. The fourth-order valence-corrected chi connectivity index (χ4v) is 2.34. The number of nitrogens with one attached hydrogen (secondary N) is 1. The summed E-state index contributed by atoms with van der Waals surface area (Å²) in [5.74, 6) is 5.72.